The molecule has 76 valence electrons. The van der Waals surface area contributed by atoms with Gasteiger partial charge in [0.05, 0.1) is 12.7 Å². The zero-order chi connectivity index (χ0) is 10.3. The molecule has 0 fully saturated rings. The summed E-state index contributed by atoms with van der Waals surface area (Å²) in [5.41, 5.74) is 2.69. The van der Waals surface area contributed by atoms with Crippen LogP contribution in [0, 0.1) is 0 Å². The van der Waals surface area contributed by atoms with Crippen LogP contribution in [0.5, 0.6) is 0 Å². The van der Waals surface area contributed by atoms with Gasteiger partial charge < -0.3 is 4.74 Å². The van der Waals surface area contributed by atoms with Crippen LogP contribution in [-0.2, 0) is 4.74 Å². The van der Waals surface area contributed by atoms with E-state index in [2.05, 4.69) is 46.8 Å². The topological polar surface area (TPSA) is 9.23 Å². The maximum atomic E-state index is 5.53. The van der Waals surface area contributed by atoms with Gasteiger partial charge in [0.25, 0.3) is 0 Å². The highest BCUT2D eigenvalue weighted by atomic mass is 16.5. The Balaban J connectivity index is 4.02. The fourth-order valence-corrected chi connectivity index (χ4v) is 0.826. The van der Waals surface area contributed by atoms with Crippen molar-refractivity contribution in [3.05, 3.63) is 23.3 Å². The molecule has 0 N–H and O–H groups in total. The van der Waals surface area contributed by atoms with Crippen LogP contribution >= 0.6 is 0 Å². The Morgan fingerprint density at radius 1 is 1.23 bits per heavy atom. The van der Waals surface area contributed by atoms with Crippen molar-refractivity contribution in [2.75, 3.05) is 6.61 Å². The van der Waals surface area contributed by atoms with Crippen LogP contribution in [0.1, 0.15) is 41.0 Å². The molecule has 0 amide bonds. The predicted octanol–water partition coefficient (Wildman–Crippen LogP) is 3.71. The first kappa shape index (κ1) is 12.4. The van der Waals surface area contributed by atoms with Crippen molar-refractivity contribution < 1.29 is 4.74 Å². The van der Waals surface area contributed by atoms with Crippen LogP contribution in [0.4, 0.5) is 0 Å². The maximum absolute atomic E-state index is 5.53. The second kappa shape index (κ2) is 6.90. The highest BCUT2D eigenvalue weighted by molar-refractivity contribution is 5.15. The lowest BCUT2D eigenvalue weighted by Crippen LogP contribution is -2.05. The number of hydrogen-bond donors (Lipinski definition) is 0. The van der Waals surface area contributed by atoms with Gasteiger partial charge in [0.1, 0.15) is 0 Å². The molecule has 0 aromatic heterocycles. The number of rotatable bonds is 5. The molecule has 1 heteroatoms. The van der Waals surface area contributed by atoms with Crippen molar-refractivity contribution >= 4 is 0 Å². The lowest BCUT2D eigenvalue weighted by Gasteiger charge is -2.08. The minimum Gasteiger partial charge on any atom is -0.374 e. The average molecular weight is 182 g/mol. The normalized spacial score (nSPS) is 12.0. The van der Waals surface area contributed by atoms with E-state index in [0.29, 0.717) is 6.10 Å². The van der Waals surface area contributed by atoms with Crippen molar-refractivity contribution in [1.29, 1.82) is 0 Å². The summed E-state index contributed by atoms with van der Waals surface area (Å²) < 4.78 is 5.53. The molecule has 13 heavy (non-hydrogen) atoms. The summed E-state index contributed by atoms with van der Waals surface area (Å²) >= 11 is 0. The van der Waals surface area contributed by atoms with E-state index in [1.54, 1.807) is 0 Å². The summed E-state index contributed by atoms with van der Waals surface area (Å²) in [6, 6.07) is 0. The zero-order valence-corrected chi connectivity index (χ0v) is 9.55. The molecule has 0 saturated heterocycles. The fourth-order valence-electron chi connectivity index (χ4n) is 0.826. The Morgan fingerprint density at radius 3 is 2.23 bits per heavy atom. The minimum atomic E-state index is 0.321. The minimum absolute atomic E-state index is 0.321. The molecular weight excluding hydrogens is 160 g/mol. The van der Waals surface area contributed by atoms with E-state index in [0.717, 1.165) is 13.0 Å². The highest BCUT2D eigenvalue weighted by Crippen LogP contribution is 2.04. The van der Waals surface area contributed by atoms with E-state index in [4.69, 9.17) is 4.74 Å². The molecule has 0 aliphatic heterocycles. The quantitative estimate of drug-likeness (QED) is 0.589. The third-order valence-corrected chi connectivity index (χ3v) is 1.71. The number of ether oxygens (including phenoxy) is 1. The van der Waals surface area contributed by atoms with E-state index in [9.17, 15) is 0 Å². The van der Waals surface area contributed by atoms with E-state index < -0.39 is 0 Å². The van der Waals surface area contributed by atoms with Crippen LogP contribution in [0.25, 0.3) is 0 Å². The highest BCUT2D eigenvalue weighted by Gasteiger charge is 1.96. The Hall–Kier alpha value is -0.560. The van der Waals surface area contributed by atoms with Crippen LogP contribution in [0.2, 0.25) is 0 Å². The van der Waals surface area contributed by atoms with Gasteiger partial charge in [-0.25, -0.2) is 0 Å². The first-order valence-corrected chi connectivity index (χ1v) is 5.00. The summed E-state index contributed by atoms with van der Waals surface area (Å²) in [7, 11) is 0. The second-order valence-corrected chi connectivity index (χ2v) is 3.78. The first-order valence-electron chi connectivity index (χ1n) is 5.00. The third-order valence-electron chi connectivity index (χ3n) is 1.71. The number of hydrogen-bond acceptors (Lipinski definition) is 1. The molecule has 0 unspecified atom stereocenters. The van der Waals surface area contributed by atoms with Gasteiger partial charge in [0.15, 0.2) is 0 Å². The molecule has 0 aliphatic rings. The standard InChI is InChI=1S/C12H22O/c1-6-12(8-7-10(2)3)9-13-11(4)5/h7-8,11H,6,9H2,1-5H3/b12-8+. The van der Waals surface area contributed by atoms with Crippen LogP contribution in [0.3, 0.4) is 0 Å². The van der Waals surface area contributed by atoms with Crippen LogP contribution < -0.4 is 0 Å². The summed E-state index contributed by atoms with van der Waals surface area (Å²) in [5, 5.41) is 0. The Morgan fingerprint density at radius 2 is 1.85 bits per heavy atom. The fraction of sp³-hybridized carbons (Fsp3) is 0.667. The first-order chi connectivity index (χ1) is 6.06. The van der Waals surface area contributed by atoms with Gasteiger partial charge in [-0.05, 0) is 39.7 Å². The third kappa shape index (κ3) is 7.79. The monoisotopic (exact) mass is 182 g/mol. The molecule has 0 aromatic carbocycles. The van der Waals surface area contributed by atoms with E-state index in [-0.39, 0.29) is 0 Å². The van der Waals surface area contributed by atoms with E-state index in [1.165, 1.54) is 11.1 Å². The molecular formula is C12H22O. The van der Waals surface area contributed by atoms with Crippen LogP contribution in [0.15, 0.2) is 23.3 Å². The van der Waals surface area contributed by atoms with Crippen molar-refractivity contribution in [3.8, 4) is 0 Å². The molecule has 0 radical (unpaired) electrons. The molecule has 0 rings (SSSR count). The van der Waals surface area contributed by atoms with Gasteiger partial charge in [-0.1, -0.05) is 24.6 Å². The Labute approximate surface area is 82.5 Å². The number of allylic oxidation sites excluding steroid dienone is 3. The van der Waals surface area contributed by atoms with Gasteiger partial charge in [-0.15, -0.1) is 0 Å². The summed E-state index contributed by atoms with van der Waals surface area (Å²) in [6.07, 6.45) is 5.69. The average Bonchev–Trinajstić information content (AvgIpc) is 2.04. The predicted molar refractivity (Wildman–Crippen MR) is 58.9 cm³/mol. The Kier molecular flexibility index (Phi) is 6.61. The van der Waals surface area contributed by atoms with E-state index in [1.807, 2.05) is 0 Å². The lowest BCUT2D eigenvalue weighted by molar-refractivity contribution is 0.0961. The molecule has 0 heterocycles. The molecule has 0 saturated carbocycles. The van der Waals surface area contributed by atoms with Crippen LogP contribution in [-0.4, -0.2) is 12.7 Å². The molecule has 0 spiro atoms. The van der Waals surface area contributed by atoms with Crippen molar-refractivity contribution in [2.24, 2.45) is 0 Å². The SMILES string of the molecule is CC/C(=C\C=C(C)C)COC(C)C. The summed E-state index contributed by atoms with van der Waals surface area (Å²) in [5.74, 6) is 0. The van der Waals surface area contributed by atoms with Crippen molar-refractivity contribution in [3.63, 3.8) is 0 Å². The van der Waals surface area contributed by atoms with Gasteiger partial charge in [0, 0.05) is 0 Å². The molecule has 0 aliphatic carbocycles. The summed E-state index contributed by atoms with van der Waals surface area (Å²) in [4.78, 5) is 0. The van der Waals surface area contributed by atoms with Gasteiger partial charge in [-0.3, -0.25) is 0 Å². The lowest BCUT2D eigenvalue weighted by atomic mass is 10.2. The second-order valence-electron chi connectivity index (χ2n) is 3.78. The Bertz CT molecular complexity index is 183. The maximum Gasteiger partial charge on any atom is 0.0683 e. The van der Waals surface area contributed by atoms with Gasteiger partial charge in [0.2, 0.25) is 0 Å². The van der Waals surface area contributed by atoms with Gasteiger partial charge in [-0.2, -0.15) is 0 Å². The van der Waals surface area contributed by atoms with E-state index >= 15 is 0 Å². The van der Waals surface area contributed by atoms with Crippen molar-refractivity contribution in [2.45, 2.75) is 47.1 Å². The summed E-state index contributed by atoms with van der Waals surface area (Å²) in [6.45, 7) is 11.3. The van der Waals surface area contributed by atoms with Gasteiger partial charge >= 0.3 is 0 Å². The molecule has 1 nitrogen and oxygen atoms in total. The molecule has 0 atom stereocenters. The van der Waals surface area contributed by atoms with Crippen molar-refractivity contribution in [1.82, 2.24) is 0 Å². The molecule has 0 aromatic rings. The zero-order valence-electron chi connectivity index (χ0n) is 9.55. The molecule has 0 bridgehead atoms. The largest absolute Gasteiger partial charge is 0.374 e. The smallest absolute Gasteiger partial charge is 0.0683 e.